The fourth-order valence-electron chi connectivity index (χ4n) is 2.31. The van der Waals surface area contributed by atoms with Crippen LogP contribution in [-0.2, 0) is 0 Å². The molecule has 1 heterocycles. The highest BCUT2D eigenvalue weighted by Crippen LogP contribution is 2.26. The summed E-state index contributed by atoms with van der Waals surface area (Å²) in [6.45, 7) is 9.80. The first-order chi connectivity index (χ1) is 10.9. The topological polar surface area (TPSA) is 66.7 Å². The Morgan fingerprint density at radius 2 is 1.78 bits per heavy atom. The van der Waals surface area contributed by atoms with Gasteiger partial charge >= 0.3 is 0 Å². The molecule has 1 aromatic heterocycles. The van der Waals surface area contributed by atoms with E-state index >= 15 is 0 Å². The number of nitrogens with one attached hydrogen (secondary N) is 1. The molecular weight excluding hydrogens is 290 g/mol. The molecule has 0 atom stereocenters. The molecule has 0 aliphatic carbocycles. The van der Waals surface area contributed by atoms with Crippen molar-refractivity contribution in [2.45, 2.75) is 40.7 Å². The van der Waals surface area contributed by atoms with Crippen LogP contribution in [0.25, 0.3) is 0 Å². The van der Waals surface area contributed by atoms with Gasteiger partial charge in [0.1, 0.15) is 5.75 Å². The minimum Gasteiger partial charge on any atom is -0.438 e. The molecular formula is C18H23N3O2. The fourth-order valence-corrected chi connectivity index (χ4v) is 2.31. The summed E-state index contributed by atoms with van der Waals surface area (Å²) in [5.41, 5.74) is 5.83. The Kier molecular flexibility index (Phi) is 5.34. The lowest BCUT2D eigenvalue weighted by Gasteiger charge is -2.14. The van der Waals surface area contributed by atoms with Crippen molar-refractivity contribution in [2.75, 3.05) is 0 Å². The van der Waals surface area contributed by atoms with Gasteiger partial charge in [-0.05, 0) is 70.0 Å². The van der Waals surface area contributed by atoms with Crippen molar-refractivity contribution in [2.24, 2.45) is 4.99 Å². The smallest absolute Gasteiger partial charge is 0.230 e. The predicted octanol–water partition coefficient (Wildman–Crippen LogP) is 3.93. The number of hydrogen-bond acceptors (Lipinski definition) is 4. The van der Waals surface area contributed by atoms with Crippen LogP contribution >= 0.6 is 0 Å². The normalized spacial score (nSPS) is 11.7. The van der Waals surface area contributed by atoms with Gasteiger partial charge in [-0.3, -0.25) is 15.7 Å². The van der Waals surface area contributed by atoms with Gasteiger partial charge in [-0.25, -0.2) is 4.98 Å². The first kappa shape index (κ1) is 17.0. The molecule has 23 heavy (non-hydrogen) atoms. The van der Waals surface area contributed by atoms with E-state index in [1.54, 1.807) is 0 Å². The number of aromatic nitrogens is 1. The maximum absolute atomic E-state index is 9.41. The lowest BCUT2D eigenvalue weighted by atomic mass is 10.1. The largest absolute Gasteiger partial charge is 0.438 e. The Labute approximate surface area is 137 Å². The van der Waals surface area contributed by atoms with Gasteiger partial charge in [0, 0.05) is 11.7 Å². The van der Waals surface area contributed by atoms with Gasteiger partial charge in [0.05, 0.1) is 5.56 Å². The average Bonchev–Trinajstić information content (AvgIpc) is 2.44. The molecule has 0 radical (unpaired) electrons. The van der Waals surface area contributed by atoms with Crippen LogP contribution in [-0.4, -0.2) is 22.1 Å². The van der Waals surface area contributed by atoms with Crippen molar-refractivity contribution in [3.8, 4) is 11.6 Å². The number of hydroxylamine groups is 1. The molecule has 1 aromatic carbocycles. The first-order valence-electron chi connectivity index (χ1n) is 7.61. The van der Waals surface area contributed by atoms with E-state index in [9.17, 15) is 5.21 Å². The molecule has 0 amide bonds. The van der Waals surface area contributed by atoms with E-state index in [0.29, 0.717) is 23.0 Å². The summed E-state index contributed by atoms with van der Waals surface area (Å²) in [5.74, 6) is 1.46. The number of amidine groups is 1. The number of pyridine rings is 1. The van der Waals surface area contributed by atoms with E-state index in [0.717, 1.165) is 16.8 Å². The number of aryl methyl sites for hydroxylation is 3. The molecule has 0 unspecified atom stereocenters. The Morgan fingerprint density at radius 1 is 1.13 bits per heavy atom. The Bertz CT molecular complexity index is 704. The molecule has 2 aromatic rings. The number of nitrogens with zero attached hydrogens (tertiary/aromatic N) is 2. The van der Waals surface area contributed by atoms with Crippen LogP contribution in [0, 0.1) is 20.8 Å². The van der Waals surface area contributed by atoms with E-state index in [4.69, 9.17) is 4.74 Å². The number of rotatable bonds is 4. The van der Waals surface area contributed by atoms with Crippen molar-refractivity contribution in [1.82, 2.24) is 10.5 Å². The molecule has 0 saturated heterocycles. The molecule has 5 nitrogen and oxygen atoms in total. The second-order valence-electron chi connectivity index (χ2n) is 5.91. The van der Waals surface area contributed by atoms with Crippen LogP contribution in [0.15, 0.2) is 35.3 Å². The van der Waals surface area contributed by atoms with Crippen LogP contribution in [0.3, 0.4) is 0 Å². The van der Waals surface area contributed by atoms with E-state index in [1.165, 1.54) is 0 Å². The van der Waals surface area contributed by atoms with Crippen molar-refractivity contribution >= 4 is 5.84 Å². The molecule has 0 bridgehead atoms. The molecule has 0 spiro atoms. The zero-order valence-corrected chi connectivity index (χ0v) is 14.2. The SMILES string of the molecule is Cc1cc(C)cc(Oc2nc(C)ccc2C(=NC(C)C)NO)c1. The van der Waals surface area contributed by atoms with Crippen molar-refractivity contribution in [1.29, 1.82) is 0 Å². The van der Waals surface area contributed by atoms with Crippen LogP contribution in [0.4, 0.5) is 0 Å². The van der Waals surface area contributed by atoms with E-state index in [-0.39, 0.29) is 6.04 Å². The molecule has 122 valence electrons. The minimum atomic E-state index is 0.0278. The van der Waals surface area contributed by atoms with E-state index in [2.05, 4.69) is 21.5 Å². The highest BCUT2D eigenvalue weighted by atomic mass is 16.5. The second-order valence-corrected chi connectivity index (χ2v) is 5.91. The highest BCUT2D eigenvalue weighted by molar-refractivity contribution is 6.00. The molecule has 2 rings (SSSR count). The highest BCUT2D eigenvalue weighted by Gasteiger charge is 2.14. The molecule has 2 N–H and O–H groups in total. The third-order valence-electron chi connectivity index (χ3n) is 3.16. The molecule has 0 fully saturated rings. The Morgan fingerprint density at radius 3 is 2.35 bits per heavy atom. The fraction of sp³-hybridized carbons (Fsp3) is 0.333. The van der Waals surface area contributed by atoms with Gasteiger partial charge in [0.2, 0.25) is 5.88 Å². The molecule has 5 heteroatoms. The summed E-state index contributed by atoms with van der Waals surface area (Å²) in [6, 6.07) is 9.71. The van der Waals surface area contributed by atoms with Gasteiger partial charge in [-0.1, -0.05) is 6.07 Å². The number of aliphatic imine (C=N–C) groups is 1. The van der Waals surface area contributed by atoms with Crippen LogP contribution in [0.5, 0.6) is 11.6 Å². The number of hydrogen-bond donors (Lipinski definition) is 2. The Balaban J connectivity index is 2.46. The number of ether oxygens (including phenoxy) is 1. The van der Waals surface area contributed by atoms with E-state index < -0.39 is 0 Å². The first-order valence-corrected chi connectivity index (χ1v) is 7.61. The maximum atomic E-state index is 9.41. The summed E-state index contributed by atoms with van der Waals surface area (Å²) in [7, 11) is 0. The van der Waals surface area contributed by atoms with Gasteiger partial charge in [0.25, 0.3) is 0 Å². The quantitative estimate of drug-likeness (QED) is 0.510. The van der Waals surface area contributed by atoms with Gasteiger partial charge < -0.3 is 4.74 Å². The zero-order valence-electron chi connectivity index (χ0n) is 14.2. The molecule has 0 aliphatic heterocycles. The van der Waals surface area contributed by atoms with Crippen LogP contribution in [0.1, 0.15) is 36.2 Å². The van der Waals surface area contributed by atoms with E-state index in [1.807, 2.05) is 58.9 Å². The number of benzene rings is 1. The van der Waals surface area contributed by atoms with Gasteiger partial charge in [-0.15, -0.1) is 0 Å². The van der Waals surface area contributed by atoms with Crippen molar-refractivity contribution < 1.29 is 9.94 Å². The summed E-state index contributed by atoms with van der Waals surface area (Å²) in [6.07, 6.45) is 0. The van der Waals surface area contributed by atoms with Crippen molar-refractivity contribution in [3.63, 3.8) is 0 Å². The standard InChI is InChI=1S/C18H23N3O2/c1-11(2)19-17(21-22)16-7-6-14(5)20-18(16)23-15-9-12(3)8-13(4)10-15/h6-11,22H,1-5H3,(H,19,21). The van der Waals surface area contributed by atoms with Gasteiger partial charge in [-0.2, -0.15) is 0 Å². The third-order valence-corrected chi connectivity index (χ3v) is 3.16. The van der Waals surface area contributed by atoms with Crippen LogP contribution < -0.4 is 10.2 Å². The third kappa shape index (κ3) is 4.53. The van der Waals surface area contributed by atoms with Gasteiger partial charge in [0.15, 0.2) is 5.84 Å². The predicted molar refractivity (Wildman–Crippen MR) is 91.6 cm³/mol. The zero-order chi connectivity index (χ0) is 17.0. The summed E-state index contributed by atoms with van der Waals surface area (Å²) in [5, 5.41) is 9.41. The van der Waals surface area contributed by atoms with Crippen LogP contribution in [0.2, 0.25) is 0 Å². The lowest BCUT2D eigenvalue weighted by Crippen LogP contribution is -2.23. The lowest BCUT2D eigenvalue weighted by molar-refractivity contribution is 0.234. The average molecular weight is 313 g/mol. The van der Waals surface area contributed by atoms with Crippen molar-refractivity contribution in [3.05, 3.63) is 52.7 Å². The molecule has 0 saturated carbocycles. The summed E-state index contributed by atoms with van der Waals surface area (Å²) in [4.78, 5) is 8.82. The Hall–Kier alpha value is -2.40. The maximum Gasteiger partial charge on any atom is 0.230 e. The summed E-state index contributed by atoms with van der Waals surface area (Å²) < 4.78 is 5.97. The minimum absolute atomic E-state index is 0.0278. The monoisotopic (exact) mass is 313 g/mol. The second kappa shape index (κ2) is 7.24. The summed E-state index contributed by atoms with van der Waals surface area (Å²) >= 11 is 0. The molecule has 0 aliphatic rings.